The van der Waals surface area contributed by atoms with E-state index in [-0.39, 0.29) is 25.7 Å². The molecule has 2 unspecified atom stereocenters. The number of esters is 4. The minimum atomic E-state index is -4.95. The summed E-state index contributed by atoms with van der Waals surface area (Å²) in [6.07, 6.45) is 48.4. The molecule has 3 N–H and O–H groups in total. The molecule has 0 aromatic rings. The molecule has 0 fully saturated rings. The summed E-state index contributed by atoms with van der Waals surface area (Å²) in [7, 11) is -9.89. The van der Waals surface area contributed by atoms with Crippen LogP contribution >= 0.6 is 15.6 Å². The van der Waals surface area contributed by atoms with E-state index in [1.54, 1.807) is 0 Å². The molecule has 17 nitrogen and oxygen atoms in total. The Kier molecular flexibility index (Phi) is 60.5. The second-order valence-electron chi connectivity index (χ2n) is 24.2. The summed E-state index contributed by atoms with van der Waals surface area (Å²) in [5.74, 6) is -2.13. The van der Waals surface area contributed by atoms with Crippen LogP contribution in [0.3, 0.4) is 0 Å². The number of hydrogen-bond donors (Lipinski definition) is 3. The highest BCUT2D eigenvalue weighted by Gasteiger charge is 2.30. The van der Waals surface area contributed by atoms with E-state index in [1.807, 2.05) is 0 Å². The topological polar surface area (TPSA) is 237 Å². The molecule has 0 amide bonds. The van der Waals surface area contributed by atoms with Gasteiger partial charge in [0.05, 0.1) is 26.4 Å². The van der Waals surface area contributed by atoms with Gasteiger partial charge in [-0.1, -0.05) is 297 Å². The molecule has 19 heteroatoms. The first-order valence-electron chi connectivity index (χ1n) is 35.3. The predicted octanol–water partition coefficient (Wildman–Crippen LogP) is 19.1. The molecule has 0 aromatic carbocycles. The number of unbranched alkanes of at least 4 members (excludes halogenated alkanes) is 42. The van der Waals surface area contributed by atoms with Crippen LogP contribution in [0.1, 0.15) is 349 Å². The summed E-state index contributed by atoms with van der Waals surface area (Å²) in [5.41, 5.74) is 0. The Morgan fingerprint density at radius 3 is 0.686 bits per heavy atom. The molecule has 510 valence electrons. The molecule has 0 saturated heterocycles. The number of hydrogen-bond acceptors (Lipinski definition) is 15. The maximum Gasteiger partial charge on any atom is 0.472 e. The molecular formula is C67H130O17P2. The molecule has 0 heterocycles. The highest BCUT2D eigenvalue weighted by atomic mass is 31.2. The SMILES string of the molecule is CCCCCCCCCCCCCCCCCC(=O)OC[C@H](COP(=O)(O)OC[C@@H](O)COP(=O)(O)OC[C@@H](COC(=O)CCCCCCCCCCC)OC(=O)CCCCCCCCCCCC)OC(=O)CCCCCCCCCCCCCC. The van der Waals surface area contributed by atoms with Crippen molar-refractivity contribution in [1.29, 1.82) is 0 Å². The number of rotatable bonds is 68. The van der Waals surface area contributed by atoms with Crippen molar-refractivity contribution >= 4 is 39.5 Å². The van der Waals surface area contributed by atoms with E-state index in [1.165, 1.54) is 180 Å². The largest absolute Gasteiger partial charge is 0.472 e. The van der Waals surface area contributed by atoms with Gasteiger partial charge >= 0.3 is 39.5 Å². The third-order valence-electron chi connectivity index (χ3n) is 15.6. The average Bonchev–Trinajstić information content (AvgIpc) is 3.62. The Labute approximate surface area is 524 Å². The van der Waals surface area contributed by atoms with Gasteiger partial charge in [-0.2, -0.15) is 0 Å². The smallest absolute Gasteiger partial charge is 0.462 e. The van der Waals surface area contributed by atoms with Crippen LogP contribution in [0, 0.1) is 0 Å². The third-order valence-corrected chi connectivity index (χ3v) is 17.5. The molecule has 5 atom stereocenters. The Morgan fingerprint density at radius 2 is 0.465 bits per heavy atom. The number of carbonyl (C=O) groups is 4. The van der Waals surface area contributed by atoms with Gasteiger partial charge in [-0.05, 0) is 25.7 Å². The normalized spacial score (nSPS) is 14.1. The minimum Gasteiger partial charge on any atom is -0.462 e. The first kappa shape index (κ1) is 84.1. The lowest BCUT2D eigenvalue weighted by Gasteiger charge is -2.21. The van der Waals surface area contributed by atoms with Crippen LogP contribution in [0.4, 0.5) is 0 Å². The number of aliphatic hydroxyl groups is 1. The lowest BCUT2D eigenvalue weighted by Crippen LogP contribution is -2.30. The monoisotopic (exact) mass is 1270 g/mol. The molecule has 0 saturated carbocycles. The maximum absolute atomic E-state index is 13.0. The van der Waals surface area contributed by atoms with Crippen LogP contribution in [0.25, 0.3) is 0 Å². The fourth-order valence-corrected chi connectivity index (χ4v) is 11.7. The highest BCUT2D eigenvalue weighted by molar-refractivity contribution is 7.47. The summed E-state index contributed by atoms with van der Waals surface area (Å²) in [6.45, 7) is 4.90. The molecule has 0 aliphatic rings. The Balaban J connectivity index is 5.21. The van der Waals surface area contributed by atoms with E-state index in [4.69, 9.17) is 37.0 Å². The zero-order chi connectivity index (χ0) is 63.3. The van der Waals surface area contributed by atoms with Crippen molar-refractivity contribution < 1.29 is 80.2 Å². The van der Waals surface area contributed by atoms with E-state index in [0.717, 1.165) is 89.9 Å². The van der Waals surface area contributed by atoms with Gasteiger partial charge in [0.15, 0.2) is 12.2 Å². The van der Waals surface area contributed by atoms with Gasteiger partial charge in [-0.25, -0.2) is 9.13 Å². The number of ether oxygens (including phenoxy) is 4. The zero-order valence-corrected chi connectivity index (χ0v) is 57.1. The molecular weight excluding hydrogens is 1140 g/mol. The molecule has 0 spiro atoms. The van der Waals surface area contributed by atoms with Gasteiger partial charge in [0, 0.05) is 25.7 Å². The lowest BCUT2D eigenvalue weighted by molar-refractivity contribution is -0.161. The van der Waals surface area contributed by atoms with E-state index in [2.05, 4.69) is 27.7 Å². The van der Waals surface area contributed by atoms with Crippen molar-refractivity contribution in [3.8, 4) is 0 Å². The van der Waals surface area contributed by atoms with E-state index < -0.39 is 97.5 Å². The standard InChI is InChI=1S/C67H130O17P2/c1-5-9-13-17-21-25-28-30-31-32-34-37-40-44-48-52-65(70)78-58-63(84-67(72)54-50-46-42-38-33-29-26-22-18-14-10-6-2)60-82-86(75,76)80-56-61(68)55-79-85(73,74)81-59-62(57-77-64(69)51-47-43-39-35-24-20-16-12-8-4)83-66(71)53-49-45-41-36-27-23-19-15-11-7-3/h61-63,68H,5-60H2,1-4H3,(H,73,74)(H,75,76)/t61-,62+,63+/m0/s1. The van der Waals surface area contributed by atoms with Gasteiger partial charge in [0.2, 0.25) is 0 Å². The fourth-order valence-electron chi connectivity index (χ4n) is 10.2. The van der Waals surface area contributed by atoms with Crippen LogP contribution in [0.15, 0.2) is 0 Å². The Morgan fingerprint density at radius 1 is 0.279 bits per heavy atom. The van der Waals surface area contributed by atoms with Crippen molar-refractivity contribution in [3.63, 3.8) is 0 Å². The second kappa shape index (κ2) is 61.9. The van der Waals surface area contributed by atoms with Crippen LogP contribution in [-0.4, -0.2) is 96.7 Å². The van der Waals surface area contributed by atoms with E-state index in [0.29, 0.717) is 25.7 Å². The summed E-state index contributed by atoms with van der Waals surface area (Å²) < 4.78 is 68.1. The number of aliphatic hydroxyl groups excluding tert-OH is 1. The number of phosphoric ester groups is 2. The zero-order valence-electron chi connectivity index (χ0n) is 55.3. The molecule has 86 heavy (non-hydrogen) atoms. The molecule has 0 aromatic heterocycles. The first-order chi connectivity index (χ1) is 41.7. The average molecular weight is 1270 g/mol. The molecule has 0 aliphatic carbocycles. The van der Waals surface area contributed by atoms with Gasteiger partial charge in [-0.3, -0.25) is 37.3 Å². The highest BCUT2D eigenvalue weighted by Crippen LogP contribution is 2.45. The van der Waals surface area contributed by atoms with Crippen molar-refractivity contribution in [2.75, 3.05) is 39.6 Å². The fraction of sp³-hybridized carbons (Fsp3) is 0.940. The van der Waals surface area contributed by atoms with Gasteiger partial charge in [0.1, 0.15) is 19.3 Å². The number of phosphoric acid groups is 2. The number of carbonyl (C=O) groups excluding carboxylic acids is 4. The van der Waals surface area contributed by atoms with Crippen molar-refractivity contribution in [2.24, 2.45) is 0 Å². The lowest BCUT2D eigenvalue weighted by atomic mass is 10.0. The van der Waals surface area contributed by atoms with Crippen molar-refractivity contribution in [2.45, 2.75) is 367 Å². The van der Waals surface area contributed by atoms with Crippen LogP contribution in [0.2, 0.25) is 0 Å². The minimum absolute atomic E-state index is 0.107. The van der Waals surface area contributed by atoms with E-state index >= 15 is 0 Å². The summed E-state index contributed by atoms with van der Waals surface area (Å²) in [4.78, 5) is 72.3. The quantitative estimate of drug-likeness (QED) is 0.0222. The van der Waals surface area contributed by atoms with Crippen LogP contribution < -0.4 is 0 Å². The Hall–Kier alpha value is -1.94. The van der Waals surface area contributed by atoms with Crippen molar-refractivity contribution in [3.05, 3.63) is 0 Å². The van der Waals surface area contributed by atoms with Gasteiger partial charge in [0.25, 0.3) is 0 Å². The molecule has 0 radical (unpaired) electrons. The third kappa shape index (κ3) is 60.9. The summed E-state index contributed by atoms with van der Waals surface area (Å²) in [6, 6.07) is 0. The van der Waals surface area contributed by atoms with Crippen LogP contribution in [0.5, 0.6) is 0 Å². The molecule has 0 rings (SSSR count). The predicted molar refractivity (Wildman–Crippen MR) is 345 cm³/mol. The summed E-state index contributed by atoms with van der Waals surface area (Å²) in [5, 5.41) is 10.6. The van der Waals surface area contributed by atoms with Crippen LogP contribution in [-0.2, 0) is 65.4 Å². The maximum atomic E-state index is 13.0. The summed E-state index contributed by atoms with van der Waals surface area (Å²) >= 11 is 0. The van der Waals surface area contributed by atoms with Gasteiger partial charge < -0.3 is 33.8 Å². The van der Waals surface area contributed by atoms with Gasteiger partial charge in [-0.15, -0.1) is 0 Å². The molecule has 0 aliphatic heterocycles. The molecule has 0 bridgehead atoms. The second-order valence-corrected chi connectivity index (χ2v) is 27.1. The van der Waals surface area contributed by atoms with Crippen molar-refractivity contribution in [1.82, 2.24) is 0 Å². The first-order valence-corrected chi connectivity index (χ1v) is 38.3. The van der Waals surface area contributed by atoms with E-state index in [9.17, 15) is 43.2 Å². The Bertz CT molecular complexity index is 1650.